The molecule has 0 aromatic heterocycles. The summed E-state index contributed by atoms with van der Waals surface area (Å²) in [7, 11) is 0. The van der Waals surface area contributed by atoms with E-state index in [-0.39, 0.29) is 11.1 Å². The van der Waals surface area contributed by atoms with E-state index >= 15 is 0 Å². The summed E-state index contributed by atoms with van der Waals surface area (Å²) >= 11 is 0. The van der Waals surface area contributed by atoms with E-state index in [1.807, 2.05) is 6.07 Å². The molecule has 0 atom stereocenters. The molecule has 0 spiro atoms. The van der Waals surface area contributed by atoms with Crippen molar-refractivity contribution in [1.29, 1.82) is 0 Å². The zero-order chi connectivity index (χ0) is 18.7. The Morgan fingerprint density at radius 1 is 0.840 bits per heavy atom. The van der Waals surface area contributed by atoms with Crippen molar-refractivity contribution < 1.29 is 24.9 Å². The van der Waals surface area contributed by atoms with Crippen molar-refractivity contribution in [2.75, 3.05) is 6.61 Å². The molecule has 0 bridgehead atoms. The normalized spacial score (nSPS) is 9.84. The molecule has 0 unspecified atom stereocenters. The van der Waals surface area contributed by atoms with Gasteiger partial charge in [-0.1, -0.05) is 68.7 Å². The summed E-state index contributed by atoms with van der Waals surface area (Å²) in [6, 6.07) is 13.3. The van der Waals surface area contributed by atoms with Gasteiger partial charge in [-0.15, -0.1) is 0 Å². The van der Waals surface area contributed by atoms with Crippen LogP contribution >= 0.6 is 0 Å². The minimum absolute atomic E-state index is 0.184. The Morgan fingerprint density at radius 2 is 1.52 bits per heavy atom. The van der Waals surface area contributed by atoms with Crippen LogP contribution in [0.5, 0.6) is 0 Å². The third kappa shape index (κ3) is 6.39. The fraction of sp³-hybridized carbons (Fsp3) is 0.300. The average Bonchev–Trinajstić information content (AvgIpc) is 2.62. The van der Waals surface area contributed by atoms with Crippen LogP contribution in [0.15, 0.2) is 48.5 Å². The van der Waals surface area contributed by atoms with Crippen LogP contribution in [0.2, 0.25) is 0 Å². The van der Waals surface area contributed by atoms with E-state index in [9.17, 15) is 14.7 Å². The van der Waals surface area contributed by atoms with Gasteiger partial charge in [-0.3, -0.25) is 0 Å². The largest absolute Gasteiger partial charge is 0.478 e. The van der Waals surface area contributed by atoms with Crippen LogP contribution in [0.3, 0.4) is 0 Å². The molecule has 0 aliphatic heterocycles. The minimum atomic E-state index is -1.25. The number of aliphatic hydroxyl groups excluding tert-OH is 1. The standard InChI is InChI=1S/C14H10O4.C6H14O/c15-13(16)11-8-4-7-10(12(11)14(17)18)9-5-2-1-3-6-9;1-2-3-4-5-6-7/h1-8H,(H,15,16)(H,17,18);7H,2-6H2,1H3. The average molecular weight is 344 g/mol. The lowest BCUT2D eigenvalue weighted by atomic mass is 9.95. The smallest absolute Gasteiger partial charge is 0.337 e. The van der Waals surface area contributed by atoms with E-state index in [1.165, 1.54) is 31.4 Å². The summed E-state index contributed by atoms with van der Waals surface area (Å²) in [6.07, 6.45) is 4.68. The van der Waals surface area contributed by atoms with Crippen molar-refractivity contribution >= 4 is 11.9 Å². The van der Waals surface area contributed by atoms with Crippen molar-refractivity contribution in [3.63, 3.8) is 0 Å². The van der Waals surface area contributed by atoms with Crippen molar-refractivity contribution in [2.24, 2.45) is 0 Å². The lowest BCUT2D eigenvalue weighted by molar-refractivity contribution is 0.0652. The molecular weight excluding hydrogens is 320 g/mol. The summed E-state index contributed by atoms with van der Waals surface area (Å²) in [5.41, 5.74) is 0.695. The monoisotopic (exact) mass is 344 g/mol. The highest BCUT2D eigenvalue weighted by atomic mass is 16.4. The molecule has 134 valence electrons. The summed E-state index contributed by atoms with van der Waals surface area (Å²) in [5, 5.41) is 26.5. The Bertz CT molecular complexity index is 676. The van der Waals surface area contributed by atoms with Crippen LogP contribution in [-0.2, 0) is 0 Å². The van der Waals surface area contributed by atoms with Gasteiger partial charge in [-0.05, 0) is 23.6 Å². The van der Waals surface area contributed by atoms with Gasteiger partial charge >= 0.3 is 11.9 Å². The number of rotatable bonds is 7. The number of benzene rings is 2. The molecule has 0 fully saturated rings. The van der Waals surface area contributed by atoms with Crippen molar-refractivity contribution in [3.8, 4) is 11.1 Å². The van der Waals surface area contributed by atoms with Gasteiger partial charge < -0.3 is 15.3 Å². The van der Waals surface area contributed by atoms with Crippen LogP contribution < -0.4 is 0 Å². The predicted octanol–water partition coefficient (Wildman–Crippen LogP) is 4.31. The van der Waals surface area contributed by atoms with Crippen molar-refractivity contribution in [1.82, 2.24) is 0 Å². The van der Waals surface area contributed by atoms with E-state index < -0.39 is 11.9 Å². The maximum atomic E-state index is 11.3. The first-order chi connectivity index (χ1) is 12.0. The zero-order valence-electron chi connectivity index (χ0n) is 14.3. The molecule has 5 heteroatoms. The number of carboxylic acids is 2. The SMILES string of the molecule is CCCCCCO.O=C(O)c1cccc(-c2ccccc2)c1C(=O)O. The van der Waals surface area contributed by atoms with Gasteiger partial charge in [-0.2, -0.15) is 0 Å². The van der Waals surface area contributed by atoms with E-state index in [4.69, 9.17) is 10.2 Å². The highest BCUT2D eigenvalue weighted by molar-refractivity contribution is 6.06. The second-order valence-electron chi connectivity index (χ2n) is 5.49. The van der Waals surface area contributed by atoms with Gasteiger partial charge in [0.05, 0.1) is 11.1 Å². The number of aliphatic hydroxyl groups is 1. The van der Waals surface area contributed by atoms with Gasteiger partial charge in [0.15, 0.2) is 0 Å². The first kappa shape index (κ1) is 20.4. The van der Waals surface area contributed by atoms with Crippen molar-refractivity contribution in [2.45, 2.75) is 32.6 Å². The second-order valence-corrected chi connectivity index (χ2v) is 5.49. The Hall–Kier alpha value is -2.66. The van der Waals surface area contributed by atoms with Gasteiger partial charge in [0.1, 0.15) is 0 Å². The lowest BCUT2D eigenvalue weighted by Gasteiger charge is -2.08. The number of carbonyl (C=O) groups is 2. The van der Waals surface area contributed by atoms with Gasteiger partial charge in [0.2, 0.25) is 0 Å². The van der Waals surface area contributed by atoms with Crippen LogP contribution in [-0.4, -0.2) is 33.9 Å². The maximum absolute atomic E-state index is 11.3. The first-order valence-electron chi connectivity index (χ1n) is 8.28. The fourth-order valence-corrected chi connectivity index (χ4v) is 2.36. The highest BCUT2D eigenvalue weighted by Crippen LogP contribution is 2.26. The summed E-state index contributed by atoms with van der Waals surface area (Å²) < 4.78 is 0. The molecule has 0 heterocycles. The number of hydrogen-bond acceptors (Lipinski definition) is 3. The zero-order valence-corrected chi connectivity index (χ0v) is 14.3. The van der Waals surface area contributed by atoms with E-state index in [0.29, 0.717) is 17.7 Å². The Morgan fingerprint density at radius 3 is 2.04 bits per heavy atom. The summed E-state index contributed by atoms with van der Waals surface area (Å²) in [4.78, 5) is 22.3. The highest BCUT2D eigenvalue weighted by Gasteiger charge is 2.20. The van der Waals surface area contributed by atoms with Crippen LogP contribution in [0.25, 0.3) is 11.1 Å². The Kier molecular flexibility index (Phi) is 8.96. The third-order valence-corrected chi connectivity index (χ3v) is 3.61. The Balaban J connectivity index is 0.000000381. The molecule has 2 aromatic carbocycles. The maximum Gasteiger partial charge on any atom is 0.337 e. The number of unbranched alkanes of at least 4 members (excludes halogenated alkanes) is 3. The molecule has 25 heavy (non-hydrogen) atoms. The molecular formula is C20H24O5. The van der Waals surface area contributed by atoms with Crippen LogP contribution in [0.1, 0.15) is 53.3 Å². The van der Waals surface area contributed by atoms with Gasteiger partial charge in [-0.25, -0.2) is 9.59 Å². The quantitative estimate of drug-likeness (QED) is 0.651. The molecule has 0 aliphatic carbocycles. The summed E-state index contributed by atoms with van der Waals surface area (Å²) in [6.45, 7) is 2.53. The fourth-order valence-electron chi connectivity index (χ4n) is 2.36. The lowest BCUT2D eigenvalue weighted by Crippen LogP contribution is -2.09. The first-order valence-corrected chi connectivity index (χ1v) is 8.28. The summed E-state index contributed by atoms with van der Waals surface area (Å²) in [5.74, 6) is -2.49. The third-order valence-electron chi connectivity index (χ3n) is 3.61. The topological polar surface area (TPSA) is 94.8 Å². The van der Waals surface area contributed by atoms with Gasteiger partial charge in [0.25, 0.3) is 0 Å². The minimum Gasteiger partial charge on any atom is -0.478 e. The molecule has 0 aliphatic rings. The van der Waals surface area contributed by atoms with Crippen LogP contribution in [0, 0.1) is 0 Å². The number of carboxylic acid groups (broad SMARTS) is 2. The Labute approximate surface area is 147 Å². The predicted molar refractivity (Wildman–Crippen MR) is 97.0 cm³/mol. The molecule has 0 radical (unpaired) electrons. The van der Waals surface area contributed by atoms with E-state index in [1.54, 1.807) is 30.3 Å². The number of hydrogen-bond donors (Lipinski definition) is 3. The van der Waals surface area contributed by atoms with Crippen LogP contribution in [0.4, 0.5) is 0 Å². The van der Waals surface area contributed by atoms with E-state index in [2.05, 4.69) is 6.92 Å². The molecule has 0 saturated carbocycles. The molecule has 5 nitrogen and oxygen atoms in total. The molecule has 0 amide bonds. The van der Waals surface area contributed by atoms with Crippen molar-refractivity contribution in [3.05, 3.63) is 59.7 Å². The van der Waals surface area contributed by atoms with Gasteiger partial charge in [0, 0.05) is 6.61 Å². The molecule has 0 saturated heterocycles. The van der Waals surface area contributed by atoms with E-state index in [0.717, 1.165) is 6.42 Å². The molecule has 2 rings (SSSR count). The number of aromatic carboxylic acids is 2. The molecule has 2 aromatic rings. The second kappa shape index (κ2) is 11.0. The molecule has 3 N–H and O–H groups in total.